The first-order chi connectivity index (χ1) is 12.5. The van der Waals surface area contributed by atoms with Crippen molar-refractivity contribution in [3.05, 3.63) is 53.7 Å². The van der Waals surface area contributed by atoms with Gasteiger partial charge in [-0.1, -0.05) is 24.3 Å². The molecule has 1 unspecified atom stereocenters. The maximum absolute atomic E-state index is 14.3. The summed E-state index contributed by atoms with van der Waals surface area (Å²) in [6.45, 7) is -0.289. The van der Waals surface area contributed by atoms with Gasteiger partial charge >= 0.3 is 5.92 Å². The highest BCUT2D eigenvalue weighted by atomic mass is 127. The molecular formula is C18H21F2IN4O2. The lowest BCUT2D eigenvalue weighted by Gasteiger charge is -2.27. The number of nitrogens with one attached hydrogen (secondary N) is 1. The molecule has 0 fully saturated rings. The lowest BCUT2D eigenvalue weighted by molar-refractivity contribution is 0.00137. The van der Waals surface area contributed by atoms with Crippen LogP contribution in [-0.4, -0.2) is 31.2 Å². The second kappa shape index (κ2) is 9.16. The average Bonchev–Trinajstić information content (AvgIpc) is 2.67. The number of alkyl halides is 2. The van der Waals surface area contributed by atoms with Gasteiger partial charge in [0.15, 0.2) is 5.96 Å². The molecule has 3 N–H and O–H groups in total. The van der Waals surface area contributed by atoms with Crippen molar-refractivity contribution in [3.8, 4) is 11.6 Å². The van der Waals surface area contributed by atoms with Crippen LogP contribution in [-0.2, 0) is 5.92 Å². The quantitative estimate of drug-likeness (QED) is 0.382. The zero-order chi connectivity index (χ0) is 18.6. The number of hydrogen-bond donors (Lipinski definition) is 2. The summed E-state index contributed by atoms with van der Waals surface area (Å²) in [5.74, 6) is -2.42. The van der Waals surface area contributed by atoms with Gasteiger partial charge < -0.3 is 20.5 Å². The first-order valence-corrected chi connectivity index (χ1v) is 8.17. The third kappa shape index (κ3) is 5.18. The Labute approximate surface area is 173 Å². The molecule has 0 radical (unpaired) electrons. The van der Waals surface area contributed by atoms with Crippen molar-refractivity contribution in [2.24, 2.45) is 10.7 Å². The predicted molar refractivity (Wildman–Crippen MR) is 109 cm³/mol. The number of halogens is 3. The van der Waals surface area contributed by atoms with E-state index in [2.05, 4.69) is 15.3 Å². The van der Waals surface area contributed by atoms with Gasteiger partial charge in [-0.2, -0.15) is 8.78 Å². The zero-order valence-corrected chi connectivity index (χ0v) is 17.0. The van der Waals surface area contributed by atoms with Gasteiger partial charge in [-0.05, 0) is 12.1 Å². The van der Waals surface area contributed by atoms with E-state index in [4.69, 9.17) is 15.2 Å². The lowest BCUT2D eigenvalue weighted by atomic mass is 10.0. The van der Waals surface area contributed by atoms with Crippen LogP contribution in [0.3, 0.4) is 0 Å². The van der Waals surface area contributed by atoms with Crippen LogP contribution in [0.25, 0.3) is 0 Å². The first kappa shape index (κ1) is 21.1. The number of aromatic nitrogens is 1. The van der Waals surface area contributed by atoms with E-state index in [0.29, 0.717) is 13.0 Å². The first-order valence-electron chi connectivity index (χ1n) is 8.17. The number of hydrogen-bond acceptors (Lipinski definition) is 4. The van der Waals surface area contributed by atoms with Crippen molar-refractivity contribution < 1.29 is 18.3 Å². The molecular weight excluding hydrogens is 469 g/mol. The Balaban J connectivity index is 0.00000261. The van der Waals surface area contributed by atoms with E-state index >= 15 is 0 Å². The Hall–Kier alpha value is -2.17. The van der Waals surface area contributed by atoms with Crippen molar-refractivity contribution in [2.75, 3.05) is 20.3 Å². The highest BCUT2D eigenvalue weighted by molar-refractivity contribution is 14.0. The Morgan fingerprint density at radius 1 is 1.33 bits per heavy atom. The fourth-order valence-corrected chi connectivity index (χ4v) is 2.71. The average molecular weight is 490 g/mol. The highest BCUT2D eigenvalue weighted by Gasteiger charge is 2.33. The second-order valence-electron chi connectivity index (χ2n) is 5.84. The molecule has 1 aliphatic heterocycles. The molecule has 0 saturated heterocycles. The lowest BCUT2D eigenvalue weighted by Crippen LogP contribution is -2.38. The summed E-state index contributed by atoms with van der Waals surface area (Å²) < 4.78 is 39.1. The molecule has 1 aromatic heterocycles. The van der Waals surface area contributed by atoms with Gasteiger partial charge in [0.05, 0.1) is 19.8 Å². The van der Waals surface area contributed by atoms with Crippen LogP contribution in [0.5, 0.6) is 11.6 Å². The normalized spacial score (nSPS) is 16.6. The molecule has 6 nitrogen and oxygen atoms in total. The monoisotopic (exact) mass is 490 g/mol. The van der Waals surface area contributed by atoms with Gasteiger partial charge in [-0.25, -0.2) is 9.98 Å². The molecule has 146 valence electrons. The van der Waals surface area contributed by atoms with Crippen molar-refractivity contribution >= 4 is 29.9 Å². The molecule has 1 aliphatic rings. The Bertz CT molecular complexity index is 804. The number of guanidine groups is 1. The number of nitrogens with zero attached hydrogens (tertiary/aromatic N) is 2. The third-order valence-corrected chi connectivity index (χ3v) is 4.04. The van der Waals surface area contributed by atoms with Crippen molar-refractivity contribution in [2.45, 2.75) is 18.4 Å². The SMILES string of the molecule is COc1cccc(C(F)(F)CN=C(N)NC2CCOc3ccccc32)n1.I. The molecule has 0 amide bonds. The topological polar surface area (TPSA) is 81.8 Å². The summed E-state index contributed by atoms with van der Waals surface area (Å²) in [6, 6.07) is 11.6. The number of para-hydroxylation sites is 1. The second-order valence-corrected chi connectivity index (χ2v) is 5.84. The van der Waals surface area contributed by atoms with Gasteiger partial charge in [0.25, 0.3) is 0 Å². The van der Waals surface area contributed by atoms with Gasteiger partial charge in [0.1, 0.15) is 18.0 Å². The molecule has 2 heterocycles. The number of rotatable bonds is 5. The number of pyridine rings is 1. The summed E-state index contributed by atoms with van der Waals surface area (Å²) in [5, 5.41) is 2.99. The Kier molecular flexibility index (Phi) is 7.17. The number of aliphatic imine (C=N–C) groups is 1. The standard InChI is InChI=1S/C18H20F2N4O2.HI/c1-25-16-8-4-7-15(24-16)18(19,20)11-22-17(21)23-13-9-10-26-14-6-3-2-5-12(13)14;/h2-8,13H,9-11H2,1H3,(H3,21,22,23);1H. The van der Waals surface area contributed by atoms with Crippen LogP contribution in [0.1, 0.15) is 23.7 Å². The highest BCUT2D eigenvalue weighted by Crippen LogP contribution is 2.31. The molecule has 27 heavy (non-hydrogen) atoms. The summed E-state index contributed by atoms with van der Waals surface area (Å²) in [7, 11) is 1.37. The number of methoxy groups -OCH3 is 1. The van der Waals surface area contributed by atoms with Crippen LogP contribution in [0, 0.1) is 0 Å². The number of ether oxygens (including phenoxy) is 2. The van der Waals surface area contributed by atoms with E-state index < -0.39 is 18.2 Å². The molecule has 1 atom stereocenters. The Morgan fingerprint density at radius 2 is 2.11 bits per heavy atom. The van der Waals surface area contributed by atoms with Crippen LogP contribution in [0.15, 0.2) is 47.5 Å². The molecule has 1 aromatic carbocycles. The number of fused-ring (bicyclic) bond motifs is 1. The molecule has 0 spiro atoms. The van der Waals surface area contributed by atoms with Crippen LogP contribution < -0.4 is 20.5 Å². The minimum absolute atomic E-state index is 0. The van der Waals surface area contributed by atoms with Crippen molar-refractivity contribution in [3.63, 3.8) is 0 Å². The number of nitrogens with two attached hydrogens (primary N) is 1. The molecule has 0 bridgehead atoms. The maximum atomic E-state index is 14.3. The smallest absolute Gasteiger partial charge is 0.309 e. The molecule has 9 heteroatoms. The molecule has 3 rings (SSSR count). The zero-order valence-electron chi connectivity index (χ0n) is 14.7. The number of benzene rings is 1. The van der Waals surface area contributed by atoms with Gasteiger partial charge in [-0.15, -0.1) is 24.0 Å². The maximum Gasteiger partial charge on any atom is 0.309 e. The van der Waals surface area contributed by atoms with Crippen LogP contribution in [0.2, 0.25) is 0 Å². The van der Waals surface area contributed by atoms with E-state index in [9.17, 15) is 8.78 Å². The van der Waals surface area contributed by atoms with Crippen molar-refractivity contribution in [1.29, 1.82) is 0 Å². The molecule has 0 aliphatic carbocycles. The summed E-state index contributed by atoms with van der Waals surface area (Å²) in [6.07, 6.45) is 0.668. The van der Waals surface area contributed by atoms with Crippen LogP contribution in [0.4, 0.5) is 8.78 Å². The van der Waals surface area contributed by atoms with E-state index in [1.807, 2.05) is 24.3 Å². The van der Waals surface area contributed by atoms with Crippen molar-refractivity contribution in [1.82, 2.24) is 10.3 Å². The fourth-order valence-electron chi connectivity index (χ4n) is 2.71. The third-order valence-electron chi connectivity index (χ3n) is 4.04. The Morgan fingerprint density at radius 3 is 2.89 bits per heavy atom. The van der Waals surface area contributed by atoms with E-state index in [0.717, 1.165) is 11.3 Å². The van der Waals surface area contributed by atoms with E-state index in [1.165, 1.54) is 25.3 Å². The molecule has 2 aromatic rings. The van der Waals surface area contributed by atoms with Crippen LogP contribution >= 0.6 is 24.0 Å². The predicted octanol–water partition coefficient (Wildman–Crippen LogP) is 3.23. The van der Waals surface area contributed by atoms with Gasteiger partial charge in [0.2, 0.25) is 5.88 Å². The van der Waals surface area contributed by atoms with E-state index in [-0.39, 0.29) is 41.9 Å². The minimum Gasteiger partial charge on any atom is -0.493 e. The molecule has 0 saturated carbocycles. The largest absolute Gasteiger partial charge is 0.493 e. The van der Waals surface area contributed by atoms with Gasteiger partial charge in [0, 0.05) is 18.1 Å². The fraction of sp³-hybridized carbons (Fsp3) is 0.333. The van der Waals surface area contributed by atoms with Gasteiger partial charge in [-0.3, -0.25) is 0 Å². The summed E-state index contributed by atoms with van der Waals surface area (Å²) >= 11 is 0. The summed E-state index contributed by atoms with van der Waals surface area (Å²) in [5.41, 5.74) is 6.34. The minimum atomic E-state index is -3.26. The van der Waals surface area contributed by atoms with E-state index in [1.54, 1.807) is 0 Å². The summed E-state index contributed by atoms with van der Waals surface area (Å²) in [4.78, 5) is 7.57.